The average molecular weight is 424 g/mol. The van der Waals surface area contributed by atoms with E-state index in [-0.39, 0.29) is 18.3 Å². The Kier molecular flexibility index (Phi) is 7.10. The van der Waals surface area contributed by atoms with Crippen LogP contribution in [0, 0.1) is 12.8 Å². The minimum absolute atomic E-state index is 0.0947. The Morgan fingerprint density at radius 1 is 1.37 bits per heavy atom. The summed E-state index contributed by atoms with van der Waals surface area (Å²) in [7, 11) is 0. The number of amides is 1. The number of aliphatic hydroxyl groups is 1. The van der Waals surface area contributed by atoms with Crippen molar-refractivity contribution in [3.8, 4) is 0 Å². The molecular formula is C20H33N5O5. The maximum Gasteiger partial charge on any atom is 0.290 e. The number of likely N-dealkylation sites (tertiary alicyclic amines) is 1. The molecule has 10 nitrogen and oxygen atoms in total. The predicted octanol–water partition coefficient (Wildman–Crippen LogP) is 0.605. The van der Waals surface area contributed by atoms with E-state index in [1.807, 2.05) is 13.8 Å². The highest BCUT2D eigenvalue weighted by Crippen LogP contribution is 2.40. The first-order chi connectivity index (χ1) is 14.3. The summed E-state index contributed by atoms with van der Waals surface area (Å²) in [6, 6.07) is 0. The van der Waals surface area contributed by atoms with E-state index in [9.17, 15) is 9.90 Å². The van der Waals surface area contributed by atoms with E-state index in [0.29, 0.717) is 19.6 Å². The van der Waals surface area contributed by atoms with E-state index < -0.39 is 17.2 Å². The molecule has 3 fully saturated rings. The number of carbonyl (C=O) groups is 2. The first-order valence-corrected chi connectivity index (χ1v) is 10.6. The van der Waals surface area contributed by atoms with Gasteiger partial charge in [-0.3, -0.25) is 19.6 Å². The topological polar surface area (TPSA) is 141 Å². The number of hydrogen-bond donors (Lipinski definition) is 4. The number of aryl methyl sites for hydroxylation is 1. The molecule has 4 rings (SSSR count). The van der Waals surface area contributed by atoms with Gasteiger partial charge in [0.05, 0.1) is 17.7 Å². The van der Waals surface area contributed by atoms with E-state index >= 15 is 0 Å². The standard InChI is InChI=1S/C19H31N5O3.CH2O2/c1-13-20-15(23-22-13)12-24-9-6-19(7-10-24)17(26)18(2,8-11-27-19)21-16(25)14-4-3-5-14;2-1-3/h14,17,26H,3-12H2,1-2H3,(H,21,25)(H,20,22,23);1H,(H,2,3)/t17-,18+;/m0./s1. The van der Waals surface area contributed by atoms with Gasteiger partial charge in [-0.2, -0.15) is 5.10 Å². The molecule has 1 aromatic rings. The maximum absolute atomic E-state index is 12.5. The number of piperidine rings is 1. The van der Waals surface area contributed by atoms with Crippen LogP contribution in [0.15, 0.2) is 0 Å². The van der Waals surface area contributed by atoms with Gasteiger partial charge in [-0.05, 0) is 46.0 Å². The molecule has 30 heavy (non-hydrogen) atoms. The Morgan fingerprint density at radius 3 is 2.57 bits per heavy atom. The lowest BCUT2D eigenvalue weighted by Gasteiger charge is -2.54. The van der Waals surface area contributed by atoms with Crippen LogP contribution >= 0.6 is 0 Å². The molecule has 2 saturated heterocycles. The number of nitrogens with zero attached hydrogens (tertiary/aromatic N) is 3. The summed E-state index contributed by atoms with van der Waals surface area (Å²) in [6.07, 6.45) is 4.50. The van der Waals surface area contributed by atoms with Crippen molar-refractivity contribution in [2.45, 2.75) is 76.2 Å². The number of hydrogen-bond acceptors (Lipinski definition) is 7. The molecule has 2 aliphatic heterocycles. The van der Waals surface area contributed by atoms with Crippen LogP contribution in [0.3, 0.4) is 0 Å². The van der Waals surface area contributed by atoms with Crippen molar-refractivity contribution in [1.29, 1.82) is 0 Å². The molecule has 0 bridgehead atoms. The summed E-state index contributed by atoms with van der Waals surface area (Å²) in [6.45, 7) is 6.52. The summed E-state index contributed by atoms with van der Waals surface area (Å²) in [5, 5.41) is 28.4. The zero-order valence-corrected chi connectivity index (χ0v) is 17.8. The third-order valence-electron chi connectivity index (χ3n) is 6.71. The molecule has 1 spiro atoms. The summed E-state index contributed by atoms with van der Waals surface area (Å²) < 4.78 is 6.13. The van der Waals surface area contributed by atoms with Crippen LogP contribution in [0.25, 0.3) is 0 Å². The number of carboxylic acid groups (broad SMARTS) is 1. The predicted molar refractivity (Wildman–Crippen MR) is 108 cm³/mol. The highest BCUT2D eigenvalue weighted by atomic mass is 16.5. The van der Waals surface area contributed by atoms with Crippen molar-refractivity contribution in [3.05, 3.63) is 11.6 Å². The second-order valence-electron chi connectivity index (χ2n) is 8.82. The first kappa shape index (κ1) is 22.6. The molecule has 0 aromatic carbocycles. The van der Waals surface area contributed by atoms with E-state index in [0.717, 1.165) is 56.8 Å². The molecule has 3 heterocycles. The van der Waals surface area contributed by atoms with E-state index in [1.54, 1.807) is 0 Å². The quantitative estimate of drug-likeness (QED) is 0.516. The smallest absolute Gasteiger partial charge is 0.290 e. The Hall–Kier alpha value is -2.04. The summed E-state index contributed by atoms with van der Waals surface area (Å²) in [5.74, 6) is 1.84. The van der Waals surface area contributed by atoms with Gasteiger partial charge in [0.15, 0.2) is 5.82 Å². The van der Waals surface area contributed by atoms with Crippen molar-refractivity contribution in [2.75, 3.05) is 19.7 Å². The van der Waals surface area contributed by atoms with Crippen molar-refractivity contribution >= 4 is 12.4 Å². The van der Waals surface area contributed by atoms with Gasteiger partial charge in [0.2, 0.25) is 5.91 Å². The zero-order valence-electron chi connectivity index (χ0n) is 17.8. The summed E-state index contributed by atoms with van der Waals surface area (Å²) >= 11 is 0. The Bertz CT molecular complexity index is 729. The molecular weight excluding hydrogens is 390 g/mol. The number of aromatic nitrogens is 3. The molecule has 1 saturated carbocycles. The molecule has 0 radical (unpaired) electrons. The maximum atomic E-state index is 12.5. The Balaban J connectivity index is 0.000000806. The van der Waals surface area contributed by atoms with Gasteiger partial charge in [0.1, 0.15) is 11.9 Å². The number of aromatic amines is 1. The minimum atomic E-state index is -0.698. The Morgan fingerprint density at radius 2 is 2.03 bits per heavy atom. The van der Waals surface area contributed by atoms with Crippen molar-refractivity contribution in [3.63, 3.8) is 0 Å². The van der Waals surface area contributed by atoms with Crippen molar-refractivity contribution < 1.29 is 24.5 Å². The number of carbonyl (C=O) groups excluding carboxylic acids is 1. The largest absolute Gasteiger partial charge is 0.483 e. The van der Waals surface area contributed by atoms with Gasteiger partial charge in [0, 0.05) is 25.6 Å². The molecule has 2 atom stereocenters. The van der Waals surface area contributed by atoms with Crippen molar-refractivity contribution in [1.82, 2.24) is 25.4 Å². The average Bonchev–Trinajstić information content (AvgIpc) is 3.06. The van der Waals surface area contributed by atoms with Crippen LogP contribution in [0.2, 0.25) is 0 Å². The lowest BCUT2D eigenvalue weighted by molar-refractivity contribution is -0.208. The molecule has 10 heteroatoms. The second-order valence-corrected chi connectivity index (χ2v) is 8.82. The second kappa shape index (κ2) is 9.40. The van der Waals surface area contributed by atoms with E-state index in [1.165, 1.54) is 0 Å². The molecule has 1 aromatic heterocycles. The summed E-state index contributed by atoms with van der Waals surface area (Å²) in [5.41, 5.74) is -1.20. The lowest BCUT2D eigenvalue weighted by atomic mass is 9.72. The summed E-state index contributed by atoms with van der Waals surface area (Å²) in [4.78, 5) is 27.5. The first-order valence-electron chi connectivity index (χ1n) is 10.6. The molecule has 0 unspecified atom stereocenters. The number of H-pyrrole nitrogens is 1. The zero-order chi connectivity index (χ0) is 21.8. The van der Waals surface area contributed by atoms with Crippen molar-refractivity contribution in [2.24, 2.45) is 5.92 Å². The minimum Gasteiger partial charge on any atom is -0.483 e. The van der Waals surface area contributed by atoms with Crippen LogP contribution < -0.4 is 5.32 Å². The van der Waals surface area contributed by atoms with E-state index in [4.69, 9.17) is 14.6 Å². The molecule has 1 amide bonds. The fourth-order valence-electron chi connectivity index (χ4n) is 4.61. The van der Waals surface area contributed by atoms with E-state index in [2.05, 4.69) is 25.4 Å². The van der Waals surface area contributed by atoms with Crippen LogP contribution in [-0.4, -0.2) is 79.6 Å². The molecule has 3 aliphatic rings. The fourth-order valence-corrected chi connectivity index (χ4v) is 4.61. The lowest BCUT2D eigenvalue weighted by Crippen LogP contribution is -2.69. The highest BCUT2D eigenvalue weighted by Gasteiger charge is 2.54. The third kappa shape index (κ3) is 4.81. The van der Waals surface area contributed by atoms with Gasteiger partial charge in [-0.1, -0.05) is 6.42 Å². The van der Waals surface area contributed by atoms with Gasteiger partial charge >= 0.3 is 0 Å². The molecule has 168 valence electrons. The third-order valence-corrected chi connectivity index (χ3v) is 6.71. The SMILES string of the molecule is Cc1nc(CN2CCC3(CC2)OCC[C@@](C)(NC(=O)C2CCC2)[C@@H]3O)n[nH]1.O=CO. The van der Waals surface area contributed by atoms with Crippen LogP contribution in [-0.2, 0) is 20.9 Å². The van der Waals surface area contributed by atoms with Gasteiger partial charge in [0.25, 0.3) is 6.47 Å². The van der Waals surface area contributed by atoms with Gasteiger partial charge in [-0.15, -0.1) is 0 Å². The normalized spacial score (nSPS) is 28.8. The highest BCUT2D eigenvalue weighted by molar-refractivity contribution is 5.80. The van der Waals surface area contributed by atoms with Gasteiger partial charge < -0.3 is 20.3 Å². The number of nitrogens with one attached hydrogen (secondary N) is 2. The number of ether oxygens (including phenoxy) is 1. The Labute approximate surface area is 176 Å². The number of aliphatic hydroxyl groups excluding tert-OH is 1. The molecule has 4 N–H and O–H groups in total. The number of rotatable bonds is 4. The monoisotopic (exact) mass is 423 g/mol. The van der Waals surface area contributed by atoms with Crippen LogP contribution in [0.1, 0.15) is 57.1 Å². The molecule has 1 aliphatic carbocycles. The van der Waals surface area contributed by atoms with Crippen LogP contribution in [0.5, 0.6) is 0 Å². The van der Waals surface area contributed by atoms with Crippen LogP contribution in [0.4, 0.5) is 0 Å². The fraction of sp³-hybridized carbons (Fsp3) is 0.800. The van der Waals surface area contributed by atoms with Gasteiger partial charge in [-0.25, -0.2) is 4.98 Å².